The van der Waals surface area contributed by atoms with Crippen LogP contribution >= 0.6 is 0 Å². The summed E-state index contributed by atoms with van der Waals surface area (Å²) < 4.78 is 46.7. The first-order chi connectivity index (χ1) is 17.9. The zero-order valence-corrected chi connectivity index (χ0v) is 19.1. The third-order valence-electron chi connectivity index (χ3n) is 6.08. The average molecular weight is 498 g/mol. The van der Waals surface area contributed by atoms with Gasteiger partial charge in [-0.15, -0.1) is 0 Å². The maximum absolute atomic E-state index is 13.5. The molecule has 0 aliphatic carbocycles. The van der Waals surface area contributed by atoms with Gasteiger partial charge in [0.25, 0.3) is 5.56 Å². The first kappa shape index (κ1) is 22.7. The van der Waals surface area contributed by atoms with Crippen molar-refractivity contribution in [2.75, 3.05) is 0 Å². The Balaban J connectivity index is 1.48. The van der Waals surface area contributed by atoms with E-state index in [0.29, 0.717) is 17.0 Å². The van der Waals surface area contributed by atoms with Crippen LogP contribution in [0.25, 0.3) is 44.5 Å². The number of alkyl halides is 3. The Labute approximate surface area is 207 Å². The third-order valence-corrected chi connectivity index (χ3v) is 6.08. The van der Waals surface area contributed by atoms with E-state index < -0.39 is 17.4 Å². The molecule has 0 aliphatic rings. The minimum Gasteiger partial charge on any atom is -0.359 e. The zero-order chi connectivity index (χ0) is 25.6. The van der Waals surface area contributed by atoms with Crippen LogP contribution in [0.3, 0.4) is 0 Å². The summed E-state index contributed by atoms with van der Waals surface area (Å²) in [5, 5.41) is 6.25. The smallest absolute Gasteiger partial charge is 0.359 e. The van der Waals surface area contributed by atoms with E-state index in [4.69, 9.17) is 4.52 Å². The van der Waals surface area contributed by atoms with Gasteiger partial charge < -0.3 is 4.52 Å². The molecule has 3 heterocycles. The largest absolute Gasteiger partial charge is 0.433 e. The summed E-state index contributed by atoms with van der Waals surface area (Å²) in [6, 6.07) is 26.1. The molecule has 0 fully saturated rings. The SMILES string of the molecule is O=c1c2ccc(C(F)(F)F)nc2nc(-c2ccccc2)n1Cc1cc(-c2cccc3ccccc23)no1. The van der Waals surface area contributed by atoms with Crippen LogP contribution in [-0.2, 0) is 12.7 Å². The van der Waals surface area contributed by atoms with Crippen molar-refractivity contribution >= 4 is 21.8 Å². The van der Waals surface area contributed by atoms with Gasteiger partial charge in [-0.3, -0.25) is 9.36 Å². The van der Waals surface area contributed by atoms with E-state index in [2.05, 4.69) is 15.1 Å². The van der Waals surface area contributed by atoms with Gasteiger partial charge in [0.1, 0.15) is 17.2 Å². The molecule has 37 heavy (non-hydrogen) atoms. The Morgan fingerprint density at radius 2 is 1.57 bits per heavy atom. The molecule has 0 atom stereocenters. The van der Waals surface area contributed by atoms with Gasteiger partial charge in [0, 0.05) is 17.2 Å². The highest BCUT2D eigenvalue weighted by Gasteiger charge is 2.33. The maximum atomic E-state index is 13.5. The summed E-state index contributed by atoms with van der Waals surface area (Å²) in [4.78, 5) is 21.5. The number of hydrogen-bond acceptors (Lipinski definition) is 5. The van der Waals surface area contributed by atoms with E-state index in [1.54, 1.807) is 36.4 Å². The number of pyridine rings is 1. The van der Waals surface area contributed by atoms with Crippen LogP contribution in [0.15, 0.2) is 100 Å². The van der Waals surface area contributed by atoms with Crippen molar-refractivity contribution in [1.82, 2.24) is 19.7 Å². The molecule has 3 aromatic carbocycles. The van der Waals surface area contributed by atoms with Crippen LogP contribution in [0, 0.1) is 0 Å². The van der Waals surface area contributed by atoms with Crippen molar-refractivity contribution in [3.8, 4) is 22.6 Å². The van der Waals surface area contributed by atoms with Crippen molar-refractivity contribution in [3.05, 3.63) is 113 Å². The lowest BCUT2D eigenvalue weighted by molar-refractivity contribution is -0.141. The van der Waals surface area contributed by atoms with Crippen molar-refractivity contribution < 1.29 is 17.7 Å². The summed E-state index contributed by atoms with van der Waals surface area (Å²) >= 11 is 0. The number of rotatable bonds is 4. The van der Waals surface area contributed by atoms with E-state index in [9.17, 15) is 18.0 Å². The Morgan fingerprint density at radius 3 is 2.38 bits per heavy atom. The minimum absolute atomic E-state index is 0.0230. The van der Waals surface area contributed by atoms with Gasteiger partial charge >= 0.3 is 6.18 Å². The van der Waals surface area contributed by atoms with Crippen molar-refractivity contribution in [3.63, 3.8) is 0 Å². The number of halogens is 3. The van der Waals surface area contributed by atoms with E-state index in [-0.39, 0.29) is 23.4 Å². The average Bonchev–Trinajstić information content (AvgIpc) is 3.38. The lowest BCUT2D eigenvalue weighted by Crippen LogP contribution is -2.25. The van der Waals surface area contributed by atoms with Gasteiger partial charge in [-0.05, 0) is 22.9 Å². The Hall–Kier alpha value is -4.79. The zero-order valence-electron chi connectivity index (χ0n) is 19.1. The van der Waals surface area contributed by atoms with Crippen LogP contribution in [0.2, 0.25) is 0 Å². The quantitative estimate of drug-likeness (QED) is 0.284. The lowest BCUT2D eigenvalue weighted by atomic mass is 10.0. The second-order valence-corrected chi connectivity index (χ2v) is 8.46. The molecule has 6 nitrogen and oxygen atoms in total. The molecule has 6 rings (SSSR count). The molecule has 0 N–H and O–H groups in total. The van der Waals surface area contributed by atoms with Crippen molar-refractivity contribution in [1.29, 1.82) is 0 Å². The van der Waals surface area contributed by atoms with E-state index in [0.717, 1.165) is 28.5 Å². The molecule has 9 heteroatoms. The summed E-state index contributed by atoms with van der Waals surface area (Å²) in [5.41, 5.74) is 0.112. The molecule has 0 amide bonds. The number of benzene rings is 3. The van der Waals surface area contributed by atoms with Crippen LogP contribution in [0.5, 0.6) is 0 Å². The topological polar surface area (TPSA) is 73.8 Å². The molecule has 0 radical (unpaired) electrons. The fourth-order valence-corrected chi connectivity index (χ4v) is 4.33. The fraction of sp³-hybridized carbons (Fsp3) is 0.0714. The van der Waals surface area contributed by atoms with Crippen molar-refractivity contribution in [2.24, 2.45) is 0 Å². The first-order valence-electron chi connectivity index (χ1n) is 11.4. The first-order valence-corrected chi connectivity index (χ1v) is 11.4. The maximum Gasteiger partial charge on any atom is 0.433 e. The van der Waals surface area contributed by atoms with E-state index in [1.165, 1.54) is 4.57 Å². The number of hydrogen-bond donors (Lipinski definition) is 0. The molecule has 0 bridgehead atoms. The fourth-order valence-electron chi connectivity index (χ4n) is 4.33. The van der Waals surface area contributed by atoms with Gasteiger partial charge in [0.05, 0.1) is 11.9 Å². The minimum atomic E-state index is -4.66. The predicted octanol–water partition coefficient (Wildman–Crippen LogP) is 6.33. The molecule has 182 valence electrons. The van der Waals surface area contributed by atoms with Gasteiger partial charge in [-0.25, -0.2) is 9.97 Å². The highest BCUT2D eigenvalue weighted by molar-refractivity contribution is 5.95. The highest BCUT2D eigenvalue weighted by Crippen LogP contribution is 2.30. The summed E-state index contributed by atoms with van der Waals surface area (Å²) in [6.07, 6.45) is -4.66. The summed E-state index contributed by atoms with van der Waals surface area (Å²) in [7, 11) is 0. The van der Waals surface area contributed by atoms with Crippen LogP contribution in [0.4, 0.5) is 13.2 Å². The van der Waals surface area contributed by atoms with Crippen molar-refractivity contribution in [2.45, 2.75) is 12.7 Å². The molecule has 0 spiro atoms. The Kier molecular flexibility index (Phi) is 5.33. The Morgan fingerprint density at radius 1 is 0.811 bits per heavy atom. The normalized spacial score (nSPS) is 11.9. The van der Waals surface area contributed by atoms with E-state index >= 15 is 0 Å². The Bertz CT molecular complexity index is 1820. The standard InChI is InChI=1S/C28H17F3N4O2/c29-28(30,31)24-14-13-22-25(32-24)33-26(18-8-2-1-3-9-18)35(27(22)36)16-19-15-23(34-37-19)21-12-6-10-17-7-4-5-11-20(17)21/h1-15H,16H2. The number of aromatic nitrogens is 4. The molecule has 0 saturated heterocycles. The number of nitrogens with zero attached hydrogens (tertiary/aromatic N) is 4. The predicted molar refractivity (Wildman–Crippen MR) is 133 cm³/mol. The summed E-state index contributed by atoms with van der Waals surface area (Å²) in [5.74, 6) is 0.566. The molecule has 3 aromatic heterocycles. The van der Waals surface area contributed by atoms with Gasteiger partial charge in [-0.2, -0.15) is 13.2 Å². The second kappa shape index (κ2) is 8.70. The molecule has 0 aliphatic heterocycles. The monoisotopic (exact) mass is 498 g/mol. The highest BCUT2D eigenvalue weighted by atomic mass is 19.4. The molecular formula is C28H17F3N4O2. The second-order valence-electron chi connectivity index (χ2n) is 8.46. The van der Waals surface area contributed by atoms with E-state index in [1.807, 2.05) is 42.5 Å². The molecule has 6 aromatic rings. The molecule has 0 unspecified atom stereocenters. The van der Waals surface area contributed by atoms with Crippen LogP contribution in [-0.4, -0.2) is 19.7 Å². The van der Waals surface area contributed by atoms with Crippen LogP contribution in [0.1, 0.15) is 11.5 Å². The third kappa shape index (κ3) is 4.14. The molecule has 0 saturated carbocycles. The molecular weight excluding hydrogens is 481 g/mol. The van der Waals surface area contributed by atoms with Gasteiger partial charge in [0.2, 0.25) is 0 Å². The van der Waals surface area contributed by atoms with Gasteiger partial charge in [0.15, 0.2) is 11.4 Å². The number of fused-ring (bicyclic) bond motifs is 2. The lowest BCUT2D eigenvalue weighted by Gasteiger charge is -2.13. The van der Waals surface area contributed by atoms with Crippen LogP contribution < -0.4 is 5.56 Å². The summed E-state index contributed by atoms with van der Waals surface area (Å²) in [6.45, 7) is -0.0230. The van der Waals surface area contributed by atoms with Gasteiger partial charge in [-0.1, -0.05) is 78.0 Å².